The first kappa shape index (κ1) is 11.5. The zero-order valence-electron chi connectivity index (χ0n) is 7.25. The van der Waals surface area contributed by atoms with Gasteiger partial charge >= 0.3 is 5.97 Å². The van der Waals surface area contributed by atoms with E-state index < -0.39 is 22.6 Å². The number of pyridine rings is 1. The van der Waals surface area contributed by atoms with E-state index >= 15 is 0 Å². The number of halogens is 1. The fraction of sp³-hybridized carbons (Fsp3) is 0.143. The quantitative estimate of drug-likeness (QED) is 0.623. The molecule has 0 aliphatic heterocycles. The van der Waals surface area contributed by atoms with Gasteiger partial charge in [0.2, 0.25) is 0 Å². The molecule has 0 amide bonds. The summed E-state index contributed by atoms with van der Waals surface area (Å²) in [6.45, 7) is 0. The summed E-state index contributed by atoms with van der Waals surface area (Å²) in [7, 11) is 0. The van der Waals surface area contributed by atoms with Crippen LogP contribution in [0.3, 0.4) is 0 Å². The van der Waals surface area contributed by atoms with Gasteiger partial charge in [0.1, 0.15) is 5.69 Å². The Morgan fingerprint density at radius 1 is 1.73 bits per heavy atom. The Bertz CT molecular complexity index is 423. The van der Waals surface area contributed by atoms with Gasteiger partial charge in [-0.05, 0) is 15.9 Å². The van der Waals surface area contributed by atoms with Crippen molar-refractivity contribution in [2.75, 3.05) is 0 Å². The summed E-state index contributed by atoms with van der Waals surface area (Å²) in [5, 5.41) is 19.2. The Kier molecular flexibility index (Phi) is 3.32. The Morgan fingerprint density at radius 3 is 2.80 bits per heavy atom. The van der Waals surface area contributed by atoms with Crippen molar-refractivity contribution < 1.29 is 14.8 Å². The zero-order chi connectivity index (χ0) is 11.6. The number of carboxylic acid groups (broad SMARTS) is 1. The van der Waals surface area contributed by atoms with E-state index in [1.54, 1.807) is 0 Å². The first-order chi connectivity index (χ1) is 6.93. The van der Waals surface area contributed by atoms with Crippen molar-refractivity contribution in [3.63, 3.8) is 0 Å². The van der Waals surface area contributed by atoms with E-state index in [2.05, 4.69) is 20.9 Å². The van der Waals surface area contributed by atoms with Gasteiger partial charge in [-0.15, -0.1) is 0 Å². The summed E-state index contributed by atoms with van der Waals surface area (Å²) < 4.78 is 0.385. The molecular weight excluding hydrogens is 270 g/mol. The summed E-state index contributed by atoms with van der Waals surface area (Å²) >= 11 is 3.00. The maximum absolute atomic E-state index is 10.6. The molecule has 1 aromatic heterocycles. The van der Waals surface area contributed by atoms with Crippen LogP contribution >= 0.6 is 15.9 Å². The summed E-state index contributed by atoms with van der Waals surface area (Å²) in [5.74, 6) is -1.37. The van der Waals surface area contributed by atoms with E-state index in [1.165, 1.54) is 6.20 Å². The van der Waals surface area contributed by atoms with Gasteiger partial charge in [0.25, 0.3) is 5.69 Å². The minimum Gasteiger partial charge on any atom is -0.480 e. The van der Waals surface area contributed by atoms with Crippen molar-refractivity contribution in [2.24, 2.45) is 5.73 Å². The third kappa shape index (κ3) is 2.48. The van der Waals surface area contributed by atoms with Gasteiger partial charge in [0, 0.05) is 16.7 Å². The Labute approximate surface area is 92.2 Å². The Balaban J connectivity index is 3.28. The molecule has 15 heavy (non-hydrogen) atoms. The van der Waals surface area contributed by atoms with Crippen LogP contribution in [0.5, 0.6) is 0 Å². The standard InChI is InChI=1S/C7H6BrN3O4/c8-3-1-4(11(14)15)6(10-2-3)5(9)7(12)13/h1-2,5H,9H2,(H,12,13). The average Bonchev–Trinajstić information content (AvgIpc) is 2.16. The first-order valence-electron chi connectivity index (χ1n) is 3.71. The Morgan fingerprint density at radius 2 is 2.33 bits per heavy atom. The highest BCUT2D eigenvalue weighted by atomic mass is 79.9. The van der Waals surface area contributed by atoms with Gasteiger partial charge in [-0.25, -0.2) is 0 Å². The molecule has 1 aromatic rings. The van der Waals surface area contributed by atoms with Crippen LogP contribution in [0, 0.1) is 10.1 Å². The predicted octanol–water partition coefficient (Wildman–Crippen LogP) is 0.837. The molecule has 0 saturated carbocycles. The van der Waals surface area contributed by atoms with Gasteiger partial charge in [-0.1, -0.05) is 0 Å². The van der Waals surface area contributed by atoms with E-state index in [4.69, 9.17) is 10.8 Å². The summed E-state index contributed by atoms with van der Waals surface area (Å²) in [6, 6.07) is -0.344. The van der Waals surface area contributed by atoms with Gasteiger partial charge in [-0.2, -0.15) is 0 Å². The lowest BCUT2D eigenvalue weighted by Crippen LogP contribution is -2.23. The molecule has 7 nitrogen and oxygen atoms in total. The van der Waals surface area contributed by atoms with E-state index in [0.717, 1.165) is 6.07 Å². The second kappa shape index (κ2) is 4.32. The molecule has 0 fully saturated rings. The number of nitro groups is 1. The lowest BCUT2D eigenvalue weighted by Gasteiger charge is -2.06. The second-order valence-electron chi connectivity index (χ2n) is 2.63. The zero-order valence-corrected chi connectivity index (χ0v) is 8.84. The topological polar surface area (TPSA) is 119 Å². The second-order valence-corrected chi connectivity index (χ2v) is 3.55. The van der Waals surface area contributed by atoms with Gasteiger partial charge < -0.3 is 10.8 Å². The van der Waals surface area contributed by atoms with Crippen LogP contribution in [0.4, 0.5) is 5.69 Å². The molecule has 1 unspecified atom stereocenters. The molecule has 0 aliphatic carbocycles. The van der Waals surface area contributed by atoms with Crippen molar-refractivity contribution in [3.05, 3.63) is 32.5 Å². The number of hydrogen-bond acceptors (Lipinski definition) is 5. The number of carbonyl (C=O) groups is 1. The van der Waals surface area contributed by atoms with E-state index in [9.17, 15) is 14.9 Å². The maximum atomic E-state index is 10.6. The molecule has 0 bridgehead atoms. The van der Waals surface area contributed by atoms with E-state index in [1.807, 2.05) is 0 Å². The number of hydrogen-bond donors (Lipinski definition) is 2. The van der Waals surface area contributed by atoms with Crippen LogP contribution in [0.1, 0.15) is 11.7 Å². The summed E-state index contributed by atoms with van der Waals surface area (Å²) in [6.07, 6.45) is 1.26. The molecule has 0 radical (unpaired) electrons. The highest BCUT2D eigenvalue weighted by molar-refractivity contribution is 9.10. The van der Waals surface area contributed by atoms with Crippen molar-refractivity contribution in [1.82, 2.24) is 4.98 Å². The molecule has 80 valence electrons. The Hall–Kier alpha value is -1.54. The minimum absolute atomic E-state index is 0.268. The minimum atomic E-state index is -1.50. The average molecular weight is 276 g/mol. The summed E-state index contributed by atoms with van der Waals surface area (Å²) in [5.41, 5.74) is 4.56. The third-order valence-electron chi connectivity index (χ3n) is 1.62. The van der Waals surface area contributed by atoms with Crippen LogP contribution < -0.4 is 5.73 Å². The van der Waals surface area contributed by atoms with Crippen LogP contribution in [0.15, 0.2) is 16.7 Å². The van der Waals surface area contributed by atoms with Crippen LogP contribution in [0.2, 0.25) is 0 Å². The number of carboxylic acids is 1. The number of aromatic nitrogens is 1. The van der Waals surface area contributed by atoms with Gasteiger partial charge in [0.15, 0.2) is 6.04 Å². The first-order valence-corrected chi connectivity index (χ1v) is 4.51. The number of aliphatic carboxylic acids is 1. The fourth-order valence-corrected chi connectivity index (χ4v) is 1.26. The fourth-order valence-electron chi connectivity index (χ4n) is 0.942. The maximum Gasteiger partial charge on any atom is 0.327 e. The molecule has 1 rings (SSSR count). The number of nitrogens with zero attached hydrogens (tertiary/aromatic N) is 2. The molecule has 0 aromatic carbocycles. The molecule has 1 atom stereocenters. The highest BCUT2D eigenvalue weighted by Crippen LogP contribution is 2.24. The third-order valence-corrected chi connectivity index (χ3v) is 2.06. The van der Waals surface area contributed by atoms with Crippen LogP contribution in [-0.4, -0.2) is 21.0 Å². The van der Waals surface area contributed by atoms with Crippen LogP contribution in [0.25, 0.3) is 0 Å². The molecule has 0 saturated heterocycles. The highest BCUT2D eigenvalue weighted by Gasteiger charge is 2.26. The van der Waals surface area contributed by atoms with E-state index in [-0.39, 0.29) is 5.69 Å². The number of rotatable bonds is 3. The smallest absolute Gasteiger partial charge is 0.327 e. The predicted molar refractivity (Wildman–Crippen MR) is 53.2 cm³/mol. The van der Waals surface area contributed by atoms with Crippen molar-refractivity contribution >= 4 is 27.6 Å². The van der Waals surface area contributed by atoms with Gasteiger partial charge in [0.05, 0.1) is 4.92 Å². The monoisotopic (exact) mass is 275 g/mol. The largest absolute Gasteiger partial charge is 0.480 e. The lowest BCUT2D eigenvalue weighted by atomic mass is 10.2. The SMILES string of the molecule is NC(C(=O)O)c1ncc(Br)cc1[N+](=O)[O-]. The van der Waals surface area contributed by atoms with Crippen molar-refractivity contribution in [1.29, 1.82) is 0 Å². The van der Waals surface area contributed by atoms with Crippen molar-refractivity contribution in [3.8, 4) is 0 Å². The molecular formula is C7H6BrN3O4. The summed E-state index contributed by atoms with van der Waals surface area (Å²) in [4.78, 5) is 24.1. The van der Waals surface area contributed by atoms with Crippen molar-refractivity contribution in [2.45, 2.75) is 6.04 Å². The van der Waals surface area contributed by atoms with E-state index in [0.29, 0.717) is 4.47 Å². The molecule has 1 heterocycles. The number of nitrogens with two attached hydrogens (primary N) is 1. The molecule has 8 heteroatoms. The molecule has 0 aliphatic rings. The lowest BCUT2D eigenvalue weighted by molar-refractivity contribution is -0.386. The molecule has 3 N–H and O–H groups in total. The normalized spacial score (nSPS) is 12.1. The van der Waals surface area contributed by atoms with Gasteiger partial charge in [-0.3, -0.25) is 19.9 Å². The molecule has 0 spiro atoms. The van der Waals surface area contributed by atoms with Crippen LogP contribution in [-0.2, 0) is 4.79 Å².